The van der Waals surface area contributed by atoms with Gasteiger partial charge in [-0.05, 0) is 31.5 Å². The van der Waals surface area contributed by atoms with Crippen LogP contribution >= 0.6 is 11.6 Å². The average molecular weight is 266 g/mol. The van der Waals surface area contributed by atoms with E-state index < -0.39 is 0 Å². The Morgan fingerprint density at radius 2 is 2.06 bits per heavy atom. The number of hydrogen-bond acceptors (Lipinski definition) is 3. The van der Waals surface area contributed by atoms with Crippen molar-refractivity contribution in [3.05, 3.63) is 52.7 Å². The molecular weight excluding hydrogens is 253 g/mol. The Labute approximate surface area is 110 Å². The van der Waals surface area contributed by atoms with Gasteiger partial charge in [-0.25, -0.2) is 14.4 Å². The third-order valence-electron chi connectivity index (χ3n) is 2.60. The third-order valence-corrected chi connectivity index (χ3v) is 2.92. The number of aryl methyl sites for hydroxylation is 1. The molecule has 0 saturated carbocycles. The van der Waals surface area contributed by atoms with Gasteiger partial charge in [-0.1, -0.05) is 17.7 Å². The average Bonchev–Trinajstić information content (AvgIpc) is 2.28. The van der Waals surface area contributed by atoms with E-state index in [1.807, 2.05) is 19.9 Å². The molecule has 94 valence electrons. The molecule has 0 aliphatic heterocycles. The summed E-state index contributed by atoms with van der Waals surface area (Å²) in [6.07, 6.45) is 1.50. The van der Waals surface area contributed by atoms with Crippen LogP contribution in [0.4, 0.5) is 10.2 Å². The lowest BCUT2D eigenvalue weighted by Gasteiger charge is -2.16. The van der Waals surface area contributed by atoms with Gasteiger partial charge < -0.3 is 5.32 Å². The van der Waals surface area contributed by atoms with E-state index in [0.29, 0.717) is 5.02 Å². The van der Waals surface area contributed by atoms with E-state index in [1.165, 1.54) is 18.5 Å². The van der Waals surface area contributed by atoms with E-state index in [4.69, 9.17) is 11.6 Å². The van der Waals surface area contributed by atoms with Gasteiger partial charge in [0.1, 0.15) is 18.0 Å². The van der Waals surface area contributed by atoms with Gasteiger partial charge in [0.25, 0.3) is 0 Å². The second kappa shape index (κ2) is 5.31. The van der Waals surface area contributed by atoms with Gasteiger partial charge in [0, 0.05) is 16.8 Å². The van der Waals surface area contributed by atoms with E-state index in [2.05, 4.69) is 15.3 Å². The fourth-order valence-corrected chi connectivity index (χ4v) is 2.02. The van der Waals surface area contributed by atoms with Crippen molar-refractivity contribution in [2.24, 2.45) is 0 Å². The molecule has 0 bridgehead atoms. The van der Waals surface area contributed by atoms with Crippen LogP contribution in [0.1, 0.15) is 24.2 Å². The first-order chi connectivity index (χ1) is 8.56. The highest BCUT2D eigenvalue weighted by molar-refractivity contribution is 6.31. The minimum atomic E-state index is -0.339. The molecule has 0 saturated heterocycles. The Balaban J connectivity index is 2.19. The zero-order chi connectivity index (χ0) is 13.1. The van der Waals surface area contributed by atoms with Gasteiger partial charge in [-0.3, -0.25) is 0 Å². The molecule has 5 heteroatoms. The number of hydrogen-bond donors (Lipinski definition) is 1. The Morgan fingerprint density at radius 1 is 1.28 bits per heavy atom. The molecule has 0 spiro atoms. The molecule has 0 radical (unpaired) electrons. The largest absolute Gasteiger partial charge is 0.363 e. The number of aromatic nitrogens is 2. The molecule has 0 aliphatic rings. The van der Waals surface area contributed by atoms with E-state index in [-0.39, 0.29) is 11.9 Å². The number of nitrogens with one attached hydrogen (secondary N) is 1. The van der Waals surface area contributed by atoms with Crippen LogP contribution < -0.4 is 5.32 Å². The number of anilines is 1. The van der Waals surface area contributed by atoms with E-state index in [1.54, 1.807) is 6.07 Å². The lowest BCUT2D eigenvalue weighted by Crippen LogP contribution is -2.09. The van der Waals surface area contributed by atoms with Crippen molar-refractivity contribution >= 4 is 17.4 Å². The highest BCUT2D eigenvalue weighted by Crippen LogP contribution is 2.26. The standard InChI is InChI=1S/C13H13ClFN3/c1-8-5-13(17-7-16-8)18-9(2)11-4-3-10(15)6-12(11)14/h3-7,9H,1-2H3,(H,16,17,18). The van der Waals surface area contributed by atoms with Crippen LogP contribution in [-0.4, -0.2) is 9.97 Å². The summed E-state index contributed by atoms with van der Waals surface area (Å²) in [7, 11) is 0. The molecule has 3 nitrogen and oxygen atoms in total. The predicted molar refractivity (Wildman–Crippen MR) is 70.2 cm³/mol. The first kappa shape index (κ1) is 12.8. The fourth-order valence-electron chi connectivity index (χ4n) is 1.69. The maximum absolute atomic E-state index is 13.0. The summed E-state index contributed by atoms with van der Waals surface area (Å²) in [6, 6.07) is 6.15. The highest BCUT2D eigenvalue weighted by Gasteiger charge is 2.10. The lowest BCUT2D eigenvalue weighted by molar-refractivity contribution is 0.626. The van der Waals surface area contributed by atoms with Crippen molar-refractivity contribution in [1.82, 2.24) is 9.97 Å². The Morgan fingerprint density at radius 3 is 2.72 bits per heavy atom. The molecule has 1 heterocycles. The maximum Gasteiger partial charge on any atom is 0.130 e. The molecule has 0 fully saturated rings. The Hall–Kier alpha value is -1.68. The minimum absolute atomic E-state index is 0.0626. The number of benzene rings is 1. The minimum Gasteiger partial charge on any atom is -0.363 e. The molecule has 18 heavy (non-hydrogen) atoms. The number of rotatable bonds is 3. The van der Waals surface area contributed by atoms with Gasteiger partial charge in [0.05, 0.1) is 6.04 Å². The van der Waals surface area contributed by atoms with Crippen molar-refractivity contribution < 1.29 is 4.39 Å². The van der Waals surface area contributed by atoms with Gasteiger partial charge >= 0.3 is 0 Å². The van der Waals surface area contributed by atoms with Gasteiger partial charge in [-0.15, -0.1) is 0 Å². The summed E-state index contributed by atoms with van der Waals surface area (Å²) in [5.41, 5.74) is 1.71. The Kier molecular flexibility index (Phi) is 3.77. The van der Waals surface area contributed by atoms with Crippen molar-refractivity contribution in [3.8, 4) is 0 Å². The molecule has 0 aliphatic carbocycles. The first-order valence-corrected chi connectivity index (χ1v) is 5.94. The third kappa shape index (κ3) is 2.96. The summed E-state index contributed by atoms with van der Waals surface area (Å²) in [5, 5.41) is 3.60. The maximum atomic E-state index is 13.0. The monoisotopic (exact) mass is 265 g/mol. The molecule has 2 rings (SSSR count). The molecule has 1 N–H and O–H groups in total. The van der Waals surface area contributed by atoms with Crippen LogP contribution in [0.15, 0.2) is 30.6 Å². The summed E-state index contributed by atoms with van der Waals surface area (Å²) in [4.78, 5) is 8.14. The topological polar surface area (TPSA) is 37.8 Å². The van der Waals surface area contributed by atoms with Crippen LogP contribution in [0.2, 0.25) is 5.02 Å². The van der Waals surface area contributed by atoms with Gasteiger partial charge in [0.15, 0.2) is 0 Å². The number of halogens is 2. The first-order valence-electron chi connectivity index (χ1n) is 5.56. The smallest absolute Gasteiger partial charge is 0.130 e. The van der Waals surface area contributed by atoms with Crippen LogP contribution in [0.3, 0.4) is 0 Å². The molecule has 1 atom stereocenters. The van der Waals surface area contributed by atoms with E-state index in [0.717, 1.165) is 17.1 Å². The quantitative estimate of drug-likeness (QED) is 0.918. The SMILES string of the molecule is Cc1cc(NC(C)c2ccc(F)cc2Cl)ncn1. The highest BCUT2D eigenvalue weighted by atomic mass is 35.5. The second-order valence-corrected chi connectivity index (χ2v) is 4.48. The number of nitrogens with zero attached hydrogens (tertiary/aromatic N) is 2. The zero-order valence-electron chi connectivity index (χ0n) is 10.1. The lowest BCUT2D eigenvalue weighted by atomic mass is 10.1. The van der Waals surface area contributed by atoms with Crippen LogP contribution in [0.25, 0.3) is 0 Å². The van der Waals surface area contributed by atoms with Crippen molar-refractivity contribution in [1.29, 1.82) is 0 Å². The van der Waals surface area contributed by atoms with Crippen molar-refractivity contribution in [2.45, 2.75) is 19.9 Å². The summed E-state index contributed by atoms with van der Waals surface area (Å²) >= 11 is 6.01. The fraction of sp³-hybridized carbons (Fsp3) is 0.231. The summed E-state index contributed by atoms with van der Waals surface area (Å²) in [5.74, 6) is 0.379. The molecule has 2 aromatic rings. The molecule has 1 aromatic heterocycles. The second-order valence-electron chi connectivity index (χ2n) is 4.08. The normalized spacial score (nSPS) is 12.2. The summed E-state index contributed by atoms with van der Waals surface area (Å²) < 4.78 is 13.0. The van der Waals surface area contributed by atoms with E-state index >= 15 is 0 Å². The predicted octanol–water partition coefficient (Wildman–Crippen LogP) is 3.75. The molecular formula is C13H13ClFN3. The van der Waals surface area contributed by atoms with Crippen LogP contribution in [0.5, 0.6) is 0 Å². The Bertz CT molecular complexity index is 560. The molecule has 0 amide bonds. The zero-order valence-corrected chi connectivity index (χ0v) is 10.9. The summed E-state index contributed by atoms with van der Waals surface area (Å²) in [6.45, 7) is 3.83. The van der Waals surface area contributed by atoms with Crippen molar-refractivity contribution in [2.75, 3.05) is 5.32 Å². The molecule has 1 aromatic carbocycles. The van der Waals surface area contributed by atoms with Crippen molar-refractivity contribution in [3.63, 3.8) is 0 Å². The van der Waals surface area contributed by atoms with Crippen LogP contribution in [0, 0.1) is 12.7 Å². The van der Waals surface area contributed by atoms with E-state index in [9.17, 15) is 4.39 Å². The van der Waals surface area contributed by atoms with Crippen LogP contribution in [-0.2, 0) is 0 Å². The molecule has 1 unspecified atom stereocenters. The van der Waals surface area contributed by atoms with Gasteiger partial charge in [0.2, 0.25) is 0 Å². The van der Waals surface area contributed by atoms with Gasteiger partial charge in [-0.2, -0.15) is 0 Å².